The summed E-state index contributed by atoms with van der Waals surface area (Å²) in [6, 6.07) is 6.16. The van der Waals surface area contributed by atoms with Crippen LogP contribution in [0.3, 0.4) is 0 Å². The summed E-state index contributed by atoms with van der Waals surface area (Å²) in [5, 5.41) is 15.1. The van der Waals surface area contributed by atoms with Gasteiger partial charge in [0.2, 0.25) is 5.88 Å². The standard InChI is InChI=1S/C28H25F2N5O2/c1-4-19-21(29)8-5-15-9-18(36)10-20(22(15)19)25-24(30)26-23(28(34-25)37-14(2)3)27(32-13-31-26)35-11-16-6-7-17(12-35)33-16/h1,5,8-10,13-14,16-17,33,36H,6-7,11-12H2,2-3H3. The molecule has 9 heteroatoms. The minimum absolute atomic E-state index is 0.0340. The summed E-state index contributed by atoms with van der Waals surface area (Å²) >= 11 is 0. The van der Waals surface area contributed by atoms with E-state index in [2.05, 4.69) is 31.1 Å². The SMILES string of the molecule is C#Cc1c(F)ccc2cc(O)cc(-c3nc(OC(C)C)c4c(N5CC6CCC(C5)N6)ncnc4c3F)c12. The van der Waals surface area contributed by atoms with Crippen LogP contribution in [-0.2, 0) is 0 Å². The van der Waals surface area contributed by atoms with Crippen molar-refractivity contribution in [3.05, 3.63) is 47.8 Å². The number of rotatable bonds is 4. The third-order valence-corrected chi connectivity index (χ3v) is 6.98. The maximum Gasteiger partial charge on any atom is 0.227 e. The van der Waals surface area contributed by atoms with Crippen LogP contribution in [0.4, 0.5) is 14.6 Å². The number of nitrogens with one attached hydrogen (secondary N) is 1. The molecule has 0 spiro atoms. The number of benzene rings is 2. The van der Waals surface area contributed by atoms with Gasteiger partial charge in [0.15, 0.2) is 5.82 Å². The van der Waals surface area contributed by atoms with Gasteiger partial charge in [0.25, 0.3) is 0 Å². The molecule has 2 unspecified atom stereocenters. The van der Waals surface area contributed by atoms with E-state index in [4.69, 9.17) is 11.2 Å². The Morgan fingerprint density at radius 1 is 1.14 bits per heavy atom. The van der Waals surface area contributed by atoms with Crippen molar-refractivity contribution in [2.45, 2.75) is 44.9 Å². The lowest BCUT2D eigenvalue weighted by atomic mass is 9.95. The highest BCUT2D eigenvalue weighted by Gasteiger charge is 2.35. The minimum atomic E-state index is -0.730. The second-order valence-electron chi connectivity index (χ2n) is 9.87. The summed E-state index contributed by atoms with van der Waals surface area (Å²) in [6.45, 7) is 5.16. The Morgan fingerprint density at radius 3 is 2.59 bits per heavy atom. The van der Waals surface area contributed by atoms with Crippen molar-refractivity contribution < 1.29 is 18.6 Å². The van der Waals surface area contributed by atoms with Gasteiger partial charge in [-0.25, -0.2) is 23.7 Å². The fourth-order valence-electron chi connectivity index (χ4n) is 5.51. The van der Waals surface area contributed by atoms with Crippen LogP contribution >= 0.6 is 0 Å². The fourth-order valence-corrected chi connectivity index (χ4v) is 5.51. The highest BCUT2D eigenvalue weighted by molar-refractivity contribution is 6.04. The van der Waals surface area contributed by atoms with E-state index in [-0.39, 0.29) is 45.5 Å². The minimum Gasteiger partial charge on any atom is -0.508 e. The number of fused-ring (bicyclic) bond motifs is 4. The van der Waals surface area contributed by atoms with Gasteiger partial charge in [0.1, 0.15) is 40.3 Å². The summed E-state index contributed by atoms with van der Waals surface area (Å²) < 4.78 is 37.1. The van der Waals surface area contributed by atoms with E-state index >= 15 is 4.39 Å². The van der Waals surface area contributed by atoms with E-state index in [1.165, 1.54) is 30.6 Å². The van der Waals surface area contributed by atoms with E-state index in [1.807, 2.05) is 13.8 Å². The predicted octanol–water partition coefficient (Wildman–Crippen LogP) is 4.54. The molecule has 2 bridgehead atoms. The molecule has 2 fully saturated rings. The lowest BCUT2D eigenvalue weighted by Crippen LogP contribution is -2.51. The van der Waals surface area contributed by atoms with Crippen molar-refractivity contribution in [3.8, 4) is 35.2 Å². The number of anilines is 1. The largest absolute Gasteiger partial charge is 0.508 e. The molecule has 6 rings (SSSR count). The molecule has 0 amide bonds. The Morgan fingerprint density at radius 2 is 1.89 bits per heavy atom. The molecule has 2 aliphatic heterocycles. The maximum absolute atomic E-state index is 16.3. The summed E-state index contributed by atoms with van der Waals surface area (Å²) in [5.41, 5.74) is -0.00140. The molecule has 0 radical (unpaired) electrons. The first-order chi connectivity index (χ1) is 17.8. The van der Waals surface area contributed by atoms with Gasteiger partial charge in [0.05, 0.1) is 11.7 Å². The number of terminal acetylenes is 1. The normalized spacial score (nSPS) is 19.1. The van der Waals surface area contributed by atoms with Crippen LogP contribution in [0.2, 0.25) is 0 Å². The van der Waals surface area contributed by atoms with E-state index in [9.17, 15) is 9.50 Å². The number of pyridine rings is 1. The molecule has 2 aromatic carbocycles. The van der Waals surface area contributed by atoms with E-state index < -0.39 is 11.6 Å². The van der Waals surface area contributed by atoms with Crippen molar-refractivity contribution in [2.24, 2.45) is 0 Å². The molecule has 188 valence electrons. The third kappa shape index (κ3) is 3.89. The van der Waals surface area contributed by atoms with E-state index in [0.717, 1.165) is 25.9 Å². The molecule has 4 aromatic rings. The molecule has 2 aromatic heterocycles. The monoisotopic (exact) mass is 501 g/mol. The van der Waals surface area contributed by atoms with Crippen LogP contribution in [0.1, 0.15) is 32.3 Å². The molecule has 0 aliphatic carbocycles. The van der Waals surface area contributed by atoms with Gasteiger partial charge in [-0.1, -0.05) is 12.0 Å². The van der Waals surface area contributed by atoms with Gasteiger partial charge >= 0.3 is 0 Å². The molecule has 4 heterocycles. The number of nitrogens with zero attached hydrogens (tertiary/aromatic N) is 4. The van der Waals surface area contributed by atoms with Crippen molar-refractivity contribution in [1.82, 2.24) is 20.3 Å². The van der Waals surface area contributed by atoms with Gasteiger partial charge < -0.3 is 20.1 Å². The average Bonchev–Trinajstić information content (AvgIpc) is 3.22. The summed E-state index contributed by atoms with van der Waals surface area (Å²) in [6.07, 6.45) is 8.85. The number of hydrogen-bond acceptors (Lipinski definition) is 7. The van der Waals surface area contributed by atoms with Gasteiger partial charge in [0, 0.05) is 36.1 Å². The first-order valence-corrected chi connectivity index (χ1v) is 12.3. The van der Waals surface area contributed by atoms with Gasteiger partial charge in [-0.05, 0) is 50.3 Å². The first kappa shape index (κ1) is 23.4. The van der Waals surface area contributed by atoms with Gasteiger partial charge in [-0.2, -0.15) is 0 Å². The number of aromatic nitrogens is 3. The smallest absolute Gasteiger partial charge is 0.227 e. The molecule has 2 aliphatic rings. The Hall–Kier alpha value is -4.03. The van der Waals surface area contributed by atoms with Gasteiger partial charge in [-0.15, -0.1) is 6.42 Å². The third-order valence-electron chi connectivity index (χ3n) is 6.98. The number of halogens is 2. The molecule has 37 heavy (non-hydrogen) atoms. The van der Waals surface area contributed by atoms with Crippen molar-refractivity contribution in [3.63, 3.8) is 0 Å². The Labute approximate surface area is 212 Å². The van der Waals surface area contributed by atoms with Crippen molar-refractivity contribution >= 4 is 27.5 Å². The predicted molar refractivity (Wildman–Crippen MR) is 138 cm³/mol. The topological polar surface area (TPSA) is 83.4 Å². The van der Waals surface area contributed by atoms with E-state index in [0.29, 0.717) is 28.7 Å². The maximum atomic E-state index is 16.3. The molecule has 2 saturated heterocycles. The Kier molecular flexibility index (Phi) is 5.57. The zero-order chi connectivity index (χ0) is 25.8. The number of aromatic hydroxyl groups is 1. The van der Waals surface area contributed by atoms with Crippen LogP contribution in [-0.4, -0.2) is 51.3 Å². The highest BCUT2D eigenvalue weighted by atomic mass is 19.1. The van der Waals surface area contributed by atoms with Crippen molar-refractivity contribution in [2.75, 3.05) is 18.0 Å². The van der Waals surface area contributed by atoms with Crippen LogP contribution < -0.4 is 15.0 Å². The summed E-state index contributed by atoms with van der Waals surface area (Å²) in [5.74, 6) is 1.60. The summed E-state index contributed by atoms with van der Waals surface area (Å²) in [4.78, 5) is 15.5. The first-order valence-electron chi connectivity index (χ1n) is 12.3. The number of ether oxygens (including phenoxy) is 1. The highest BCUT2D eigenvalue weighted by Crippen LogP contribution is 2.41. The number of piperazine rings is 1. The number of hydrogen-bond donors (Lipinski definition) is 2. The Bertz CT molecular complexity index is 1590. The fraction of sp³-hybridized carbons (Fsp3) is 0.321. The lowest BCUT2D eigenvalue weighted by Gasteiger charge is -2.34. The Balaban J connectivity index is 1.64. The van der Waals surface area contributed by atoms with Crippen LogP contribution in [0.15, 0.2) is 30.6 Å². The van der Waals surface area contributed by atoms with Crippen LogP contribution in [0.25, 0.3) is 32.9 Å². The second kappa shape index (κ2) is 8.82. The molecule has 2 N–H and O–H groups in total. The molecule has 7 nitrogen and oxygen atoms in total. The number of phenols is 1. The van der Waals surface area contributed by atoms with Crippen molar-refractivity contribution in [1.29, 1.82) is 0 Å². The van der Waals surface area contributed by atoms with Crippen LogP contribution in [0.5, 0.6) is 11.6 Å². The molecular weight excluding hydrogens is 476 g/mol. The zero-order valence-corrected chi connectivity index (χ0v) is 20.4. The number of phenolic OH excluding ortho intramolecular Hbond substituents is 1. The molecular formula is C28H25F2N5O2. The summed E-state index contributed by atoms with van der Waals surface area (Å²) in [7, 11) is 0. The van der Waals surface area contributed by atoms with E-state index in [1.54, 1.807) is 0 Å². The zero-order valence-electron chi connectivity index (χ0n) is 20.4. The lowest BCUT2D eigenvalue weighted by molar-refractivity contribution is 0.236. The second-order valence-corrected chi connectivity index (χ2v) is 9.87. The molecule has 0 saturated carbocycles. The quantitative estimate of drug-likeness (QED) is 0.398. The van der Waals surface area contributed by atoms with Gasteiger partial charge in [-0.3, -0.25) is 0 Å². The average molecular weight is 502 g/mol. The van der Waals surface area contributed by atoms with Crippen LogP contribution in [0, 0.1) is 24.0 Å². The molecule has 2 atom stereocenters.